The zero-order valence-electron chi connectivity index (χ0n) is 8.41. The van der Waals surface area contributed by atoms with Crippen molar-refractivity contribution in [3.05, 3.63) is 30.1 Å². The molecule has 78 valence electrons. The molecule has 1 rings (SSSR count). The van der Waals surface area contributed by atoms with Gasteiger partial charge in [-0.2, -0.15) is 0 Å². The Labute approximate surface area is 84.0 Å². The Bertz CT molecular complexity index is 278. The van der Waals surface area contributed by atoms with Gasteiger partial charge in [0.2, 0.25) is 0 Å². The van der Waals surface area contributed by atoms with Crippen molar-refractivity contribution in [1.82, 2.24) is 0 Å². The minimum atomic E-state index is -0.212. The average molecular weight is 197 g/mol. The lowest BCUT2D eigenvalue weighted by Gasteiger charge is -2.18. The minimum Gasteiger partial charge on any atom is -0.396 e. The molecule has 2 nitrogen and oxygen atoms in total. The minimum absolute atomic E-state index is 0.212. The molecule has 0 aromatic heterocycles. The molecule has 14 heavy (non-hydrogen) atoms. The second-order valence-electron chi connectivity index (χ2n) is 3.33. The van der Waals surface area contributed by atoms with Crippen LogP contribution in [0.4, 0.5) is 10.1 Å². The van der Waals surface area contributed by atoms with Gasteiger partial charge in [-0.15, -0.1) is 0 Å². The number of hydrogen-bond donors (Lipinski definition) is 1. The van der Waals surface area contributed by atoms with E-state index >= 15 is 0 Å². The Morgan fingerprint density at radius 2 is 2.14 bits per heavy atom. The van der Waals surface area contributed by atoms with Gasteiger partial charge in [0.1, 0.15) is 5.82 Å². The van der Waals surface area contributed by atoms with Gasteiger partial charge in [-0.3, -0.25) is 0 Å². The molecule has 0 unspecified atom stereocenters. The summed E-state index contributed by atoms with van der Waals surface area (Å²) in [4.78, 5) is 1.98. The van der Waals surface area contributed by atoms with Crippen molar-refractivity contribution < 1.29 is 9.50 Å². The second-order valence-corrected chi connectivity index (χ2v) is 3.33. The van der Waals surface area contributed by atoms with Crippen LogP contribution in [-0.4, -0.2) is 25.3 Å². The number of anilines is 1. The Morgan fingerprint density at radius 3 is 2.79 bits per heavy atom. The summed E-state index contributed by atoms with van der Waals surface area (Å²) in [7, 11) is 1.92. The number of aliphatic hydroxyl groups is 1. The van der Waals surface area contributed by atoms with Crippen LogP contribution in [-0.2, 0) is 0 Å². The summed E-state index contributed by atoms with van der Waals surface area (Å²) in [5.74, 6) is -0.212. The van der Waals surface area contributed by atoms with Crippen LogP contribution in [0.2, 0.25) is 0 Å². The Morgan fingerprint density at radius 1 is 1.36 bits per heavy atom. The van der Waals surface area contributed by atoms with E-state index in [9.17, 15) is 4.39 Å². The normalized spacial score (nSPS) is 10.2. The first-order valence-electron chi connectivity index (χ1n) is 4.81. The van der Waals surface area contributed by atoms with Crippen molar-refractivity contribution in [2.24, 2.45) is 0 Å². The second kappa shape index (κ2) is 5.60. The van der Waals surface area contributed by atoms with Crippen molar-refractivity contribution in [2.45, 2.75) is 12.8 Å². The molecular weight excluding hydrogens is 181 g/mol. The Balaban J connectivity index is 2.47. The largest absolute Gasteiger partial charge is 0.396 e. The van der Waals surface area contributed by atoms with Crippen molar-refractivity contribution in [3.8, 4) is 0 Å². The average Bonchev–Trinajstić information content (AvgIpc) is 2.18. The Kier molecular flexibility index (Phi) is 4.40. The predicted octanol–water partition coefficient (Wildman–Crippen LogP) is 2.03. The van der Waals surface area contributed by atoms with Crippen molar-refractivity contribution in [3.63, 3.8) is 0 Å². The first-order valence-corrected chi connectivity index (χ1v) is 4.81. The first kappa shape index (κ1) is 11.0. The molecule has 3 heteroatoms. The highest BCUT2D eigenvalue weighted by Crippen LogP contribution is 2.14. The van der Waals surface area contributed by atoms with E-state index in [1.54, 1.807) is 6.07 Å². The van der Waals surface area contributed by atoms with E-state index in [-0.39, 0.29) is 12.4 Å². The summed E-state index contributed by atoms with van der Waals surface area (Å²) in [6.07, 6.45) is 1.71. The lowest BCUT2D eigenvalue weighted by Crippen LogP contribution is -2.18. The quantitative estimate of drug-likeness (QED) is 0.730. The van der Waals surface area contributed by atoms with E-state index in [0.29, 0.717) is 0 Å². The van der Waals surface area contributed by atoms with E-state index < -0.39 is 0 Å². The molecule has 0 bridgehead atoms. The summed E-state index contributed by atoms with van der Waals surface area (Å²) in [6.45, 7) is 1.06. The van der Waals surface area contributed by atoms with Crippen molar-refractivity contribution in [1.29, 1.82) is 0 Å². The maximum atomic E-state index is 12.8. The third kappa shape index (κ3) is 3.34. The van der Waals surface area contributed by atoms with Crippen molar-refractivity contribution in [2.75, 3.05) is 25.1 Å². The molecule has 0 heterocycles. The highest BCUT2D eigenvalue weighted by Gasteiger charge is 2.00. The summed E-state index contributed by atoms with van der Waals surface area (Å²) < 4.78 is 12.8. The number of hydrogen-bond acceptors (Lipinski definition) is 2. The standard InChI is InChI=1S/C11H16FNO/c1-13(7-2-3-8-14)11-6-4-5-10(12)9-11/h4-6,9,14H,2-3,7-8H2,1H3. The maximum Gasteiger partial charge on any atom is 0.125 e. The first-order chi connectivity index (χ1) is 6.74. The third-order valence-corrected chi connectivity index (χ3v) is 2.15. The molecule has 1 N–H and O–H groups in total. The van der Waals surface area contributed by atoms with Crippen LogP contribution in [0.25, 0.3) is 0 Å². The zero-order valence-corrected chi connectivity index (χ0v) is 8.41. The molecule has 0 amide bonds. The number of halogens is 1. The number of nitrogens with zero attached hydrogens (tertiary/aromatic N) is 1. The number of unbranched alkanes of at least 4 members (excludes halogenated alkanes) is 1. The summed E-state index contributed by atoms with van der Waals surface area (Å²) >= 11 is 0. The van der Waals surface area contributed by atoms with Crippen LogP contribution in [0.5, 0.6) is 0 Å². The van der Waals surface area contributed by atoms with Gasteiger partial charge in [0, 0.05) is 25.9 Å². The molecule has 0 saturated carbocycles. The van der Waals surface area contributed by atoms with Crippen LogP contribution < -0.4 is 4.90 Å². The van der Waals surface area contributed by atoms with Gasteiger partial charge in [-0.05, 0) is 31.0 Å². The van der Waals surface area contributed by atoms with E-state index in [0.717, 1.165) is 25.1 Å². The van der Waals surface area contributed by atoms with Gasteiger partial charge in [-0.1, -0.05) is 6.07 Å². The highest BCUT2D eigenvalue weighted by atomic mass is 19.1. The molecule has 0 saturated heterocycles. The summed E-state index contributed by atoms with van der Waals surface area (Å²) in [5, 5.41) is 8.62. The summed E-state index contributed by atoms with van der Waals surface area (Å²) in [6, 6.07) is 6.53. The zero-order chi connectivity index (χ0) is 10.4. The fraction of sp³-hybridized carbons (Fsp3) is 0.455. The van der Waals surface area contributed by atoms with Gasteiger partial charge in [0.25, 0.3) is 0 Å². The topological polar surface area (TPSA) is 23.5 Å². The molecule has 0 atom stereocenters. The van der Waals surface area contributed by atoms with E-state index in [1.165, 1.54) is 12.1 Å². The van der Waals surface area contributed by atoms with Crippen LogP contribution in [0.3, 0.4) is 0 Å². The van der Waals surface area contributed by atoms with Crippen molar-refractivity contribution >= 4 is 5.69 Å². The van der Waals surface area contributed by atoms with Crippen LogP contribution in [0.1, 0.15) is 12.8 Å². The smallest absolute Gasteiger partial charge is 0.125 e. The fourth-order valence-corrected chi connectivity index (χ4v) is 1.30. The van der Waals surface area contributed by atoms with Crippen LogP contribution in [0.15, 0.2) is 24.3 Å². The maximum absolute atomic E-state index is 12.8. The van der Waals surface area contributed by atoms with Crippen LogP contribution in [0, 0.1) is 5.82 Å². The molecule has 1 aromatic carbocycles. The lowest BCUT2D eigenvalue weighted by molar-refractivity contribution is 0.285. The number of benzene rings is 1. The summed E-state index contributed by atoms with van der Waals surface area (Å²) in [5.41, 5.74) is 0.878. The third-order valence-electron chi connectivity index (χ3n) is 2.15. The number of aliphatic hydroxyl groups excluding tert-OH is 1. The molecule has 0 fully saturated rings. The molecule has 0 aliphatic carbocycles. The molecule has 0 radical (unpaired) electrons. The van der Waals surface area contributed by atoms with E-state index in [1.807, 2.05) is 18.0 Å². The van der Waals surface area contributed by atoms with E-state index in [2.05, 4.69) is 0 Å². The lowest BCUT2D eigenvalue weighted by atomic mass is 10.2. The Hall–Kier alpha value is -1.09. The molecule has 1 aromatic rings. The molecule has 0 aliphatic heterocycles. The van der Waals surface area contributed by atoms with Gasteiger partial charge >= 0.3 is 0 Å². The van der Waals surface area contributed by atoms with Gasteiger partial charge in [-0.25, -0.2) is 4.39 Å². The van der Waals surface area contributed by atoms with Gasteiger partial charge in [0.05, 0.1) is 0 Å². The fourth-order valence-electron chi connectivity index (χ4n) is 1.30. The predicted molar refractivity (Wildman–Crippen MR) is 56.0 cm³/mol. The van der Waals surface area contributed by atoms with Gasteiger partial charge < -0.3 is 10.0 Å². The van der Waals surface area contributed by atoms with Crippen LogP contribution >= 0.6 is 0 Å². The monoisotopic (exact) mass is 197 g/mol. The molecular formula is C11H16FNO. The molecule has 0 spiro atoms. The van der Waals surface area contributed by atoms with Gasteiger partial charge in [0.15, 0.2) is 0 Å². The molecule has 0 aliphatic rings. The number of rotatable bonds is 5. The highest BCUT2D eigenvalue weighted by molar-refractivity contribution is 5.45. The van der Waals surface area contributed by atoms with E-state index in [4.69, 9.17) is 5.11 Å². The SMILES string of the molecule is CN(CCCCO)c1cccc(F)c1.